The zero-order valence-electron chi connectivity index (χ0n) is 10.5. The van der Waals surface area contributed by atoms with Gasteiger partial charge in [0.1, 0.15) is 0 Å². The molecule has 0 radical (unpaired) electrons. The van der Waals surface area contributed by atoms with Crippen molar-refractivity contribution in [3.63, 3.8) is 0 Å². The van der Waals surface area contributed by atoms with E-state index in [9.17, 15) is 9.59 Å². The lowest BCUT2D eigenvalue weighted by atomic mass is 10.2. The number of aromatic nitrogens is 1. The maximum atomic E-state index is 12.2. The summed E-state index contributed by atoms with van der Waals surface area (Å²) in [5.74, 6) is -0.327. The number of amides is 2. The number of hydrogen-bond donors (Lipinski definition) is 2. The van der Waals surface area contributed by atoms with Gasteiger partial charge in [-0.15, -0.1) is 0 Å². The number of fused-ring (bicyclic) bond motifs is 2. The number of pyridine rings is 1. The monoisotopic (exact) mass is 268 g/mol. The van der Waals surface area contributed by atoms with E-state index >= 15 is 0 Å². The number of nitrogens with one attached hydrogen (secondary N) is 1. The van der Waals surface area contributed by atoms with Crippen molar-refractivity contribution < 1.29 is 9.59 Å². The van der Waals surface area contributed by atoms with Crippen molar-refractivity contribution in [1.29, 1.82) is 0 Å². The molecule has 0 aliphatic carbocycles. The standard InChI is InChI=1S/C14H12N4O2/c15-8-12(19)18-11-6-2-1-5-10(11)17-14(20)9-4-3-7-16-13(9)18/h1-7H,8,15H2,(H,17,20). The van der Waals surface area contributed by atoms with E-state index in [-0.39, 0.29) is 18.4 Å². The minimum Gasteiger partial charge on any atom is -0.322 e. The Bertz CT molecular complexity index is 699. The van der Waals surface area contributed by atoms with Crippen molar-refractivity contribution >= 4 is 29.0 Å². The minimum atomic E-state index is -0.325. The Balaban J connectivity index is 2.29. The van der Waals surface area contributed by atoms with Gasteiger partial charge in [-0.3, -0.25) is 14.5 Å². The highest BCUT2D eigenvalue weighted by molar-refractivity contribution is 6.17. The summed E-state index contributed by atoms with van der Waals surface area (Å²) in [5, 5.41) is 2.77. The average molecular weight is 268 g/mol. The molecule has 20 heavy (non-hydrogen) atoms. The molecule has 6 heteroatoms. The summed E-state index contributed by atoms with van der Waals surface area (Å²) in [4.78, 5) is 29.9. The molecule has 1 aliphatic rings. The molecule has 3 N–H and O–H groups in total. The van der Waals surface area contributed by atoms with Gasteiger partial charge in [0.05, 0.1) is 23.5 Å². The molecule has 2 heterocycles. The van der Waals surface area contributed by atoms with Crippen LogP contribution in [0, 0.1) is 0 Å². The van der Waals surface area contributed by atoms with Crippen molar-refractivity contribution in [3.05, 3.63) is 48.2 Å². The molecule has 2 aromatic rings. The molecule has 0 atom stereocenters. The fourth-order valence-corrected chi connectivity index (χ4v) is 2.17. The van der Waals surface area contributed by atoms with Crippen LogP contribution in [0.2, 0.25) is 0 Å². The van der Waals surface area contributed by atoms with Crippen LogP contribution in [0.3, 0.4) is 0 Å². The highest BCUT2D eigenvalue weighted by Crippen LogP contribution is 2.36. The van der Waals surface area contributed by atoms with E-state index in [0.717, 1.165) is 0 Å². The van der Waals surface area contributed by atoms with Gasteiger partial charge in [-0.2, -0.15) is 0 Å². The third-order valence-electron chi connectivity index (χ3n) is 3.06. The SMILES string of the molecule is NCC(=O)N1c2ccccc2NC(=O)c2cccnc21. The number of nitrogens with zero attached hydrogens (tertiary/aromatic N) is 2. The van der Waals surface area contributed by atoms with Crippen molar-refractivity contribution in [1.82, 2.24) is 4.98 Å². The van der Waals surface area contributed by atoms with Crippen LogP contribution in [0.4, 0.5) is 17.2 Å². The van der Waals surface area contributed by atoms with E-state index in [4.69, 9.17) is 5.73 Å². The van der Waals surface area contributed by atoms with Crippen molar-refractivity contribution in [2.24, 2.45) is 5.73 Å². The van der Waals surface area contributed by atoms with Crippen LogP contribution in [-0.2, 0) is 4.79 Å². The Morgan fingerprint density at radius 1 is 1.25 bits per heavy atom. The number of nitrogens with two attached hydrogens (primary N) is 1. The van der Waals surface area contributed by atoms with Crippen LogP contribution in [0.15, 0.2) is 42.6 Å². The molecule has 0 unspecified atom stereocenters. The summed E-state index contributed by atoms with van der Waals surface area (Å²) in [5.41, 5.74) is 6.93. The second kappa shape index (κ2) is 4.75. The van der Waals surface area contributed by atoms with Crippen molar-refractivity contribution in [3.8, 4) is 0 Å². The Labute approximate surface area is 115 Å². The quantitative estimate of drug-likeness (QED) is 0.815. The van der Waals surface area contributed by atoms with E-state index in [1.54, 1.807) is 36.4 Å². The first-order valence-corrected chi connectivity index (χ1v) is 6.11. The van der Waals surface area contributed by atoms with E-state index in [0.29, 0.717) is 22.8 Å². The minimum absolute atomic E-state index is 0.168. The average Bonchev–Trinajstić information content (AvgIpc) is 2.61. The zero-order valence-corrected chi connectivity index (χ0v) is 10.5. The van der Waals surface area contributed by atoms with Gasteiger partial charge in [0.2, 0.25) is 5.91 Å². The molecule has 0 spiro atoms. The molecule has 2 amide bonds. The summed E-state index contributed by atoms with van der Waals surface area (Å²) in [6.45, 7) is -0.168. The van der Waals surface area contributed by atoms with Crippen molar-refractivity contribution in [2.75, 3.05) is 16.8 Å². The zero-order chi connectivity index (χ0) is 14.1. The van der Waals surface area contributed by atoms with E-state index < -0.39 is 0 Å². The van der Waals surface area contributed by atoms with Crippen LogP contribution >= 0.6 is 0 Å². The van der Waals surface area contributed by atoms with Gasteiger partial charge in [-0.25, -0.2) is 4.98 Å². The number of carbonyl (C=O) groups is 2. The van der Waals surface area contributed by atoms with Crippen molar-refractivity contribution in [2.45, 2.75) is 0 Å². The third-order valence-corrected chi connectivity index (χ3v) is 3.06. The van der Waals surface area contributed by atoms with Gasteiger partial charge < -0.3 is 11.1 Å². The van der Waals surface area contributed by atoms with Crippen LogP contribution in [-0.4, -0.2) is 23.3 Å². The number of para-hydroxylation sites is 2. The van der Waals surface area contributed by atoms with E-state index in [2.05, 4.69) is 10.3 Å². The summed E-state index contributed by atoms with van der Waals surface area (Å²) in [6, 6.07) is 10.3. The number of benzene rings is 1. The maximum Gasteiger partial charge on any atom is 0.259 e. The highest BCUT2D eigenvalue weighted by atomic mass is 16.2. The molecular formula is C14H12N4O2. The Morgan fingerprint density at radius 3 is 2.85 bits per heavy atom. The smallest absolute Gasteiger partial charge is 0.259 e. The maximum absolute atomic E-state index is 12.2. The molecule has 100 valence electrons. The molecular weight excluding hydrogens is 256 g/mol. The molecule has 0 saturated carbocycles. The predicted molar refractivity (Wildman–Crippen MR) is 74.8 cm³/mol. The van der Waals surface area contributed by atoms with Gasteiger partial charge in [0, 0.05) is 6.20 Å². The molecule has 1 aliphatic heterocycles. The number of rotatable bonds is 1. The Kier molecular flexibility index (Phi) is 2.92. The Hall–Kier alpha value is -2.73. The first kappa shape index (κ1) is 12.3. The van der Waals surface area contributed by atoms with Gasteiger partial charge in [-0.1, -0.05) is 12.1 Å². The first-order chi connectivity index (χ1) is 9.72. The lowest BCUT2D eigenvalue weighted by Gasteiger charge is -2.21. The lowest BCUT2D eigenvalue weighted by Crippen LogP contribution is -2.33. The summed E-state index contributed by atoms with van der Waals surface area (Å²) in [7, 11) is 0. The van der Waals surface area contributed by atoms with Gasteiger partial charge in [0.25, 0.3) is 5.91 Å². The number of carbonyl (C=O) groups excluding carboxylic acids is 2. The summed E-state index contributed by atoms with van der Waals surface area (Å²) >= 11 is 0. The second-order valence-electron chi connectivity index (χ2n) is 4.28. The summed E-state index contributed by atoms with van der Waals surface area (Å²) in [6.07, 6.45) is 1.54. The number of hydrogen-bond acceptors (Lipinski definition) is 4. The Morgan fingerprint density at radius 2 is 2.05 bits per heavy atom. The van der Waals surface area contributed by atoms with Gasteiger partial charge in [0.15, 0.2) is 5.82 Å². The van der Waals surface area contributed by atoms with E-state index in [1.807, 2.05) is 0 Å². The fourth-order valence-electron chi connectivity index (χ4n) is 2.17. The second-order valence-corrected chi connectivity index (χ2v) is 4.28. The number of anilines is 3. The van der Waals surface area contributed by atoms with Crippen LogP contribution in [0.1, 0.15) is 10.4 Å². The molecule has 6 nitrogen and oxygen atoms in total. The molecule has 0 bridgehead atoms. The topological polar surface area (TPSA) is 88.3 Å². The van der Waals surface area contributed by atoms with Crippen LogP contribution in [0.25, 0.3) is 0 Å². The molecule has 1 aromatic carbocycles. The molecule has 0 saturated heterocycles. The van der Waals surface area contributed by atoms with Gasteiger partial charge in [-0.05, 0) is 24.3 Å². The molecule has 3 rings (SSSR count). The largest absolute Gasteiger partial charge is 0.322 e. The van der Waals surface area contributed by atoms with Crippen LogP contribution < -0.4 is 16.0 Å². The van der Waals surface area contributed by atoms with Gasteiger partial charge >= 0.3 is 0 Å². The molecule has 1 aromatic heterocycles. The highest BCUT2D eigenvalue weighted by Gasteiger charge is 2.29. The third kappa shape index (κ3) is 1.83. The summed E-state index contributed by atoms with van der Waals surface area (Å²) < 4.78 is 0. The van der Waals surface area contributed by atoms with E-state index in [1.165, 1.54) is 11.1 Å². The first-order valence-electron chi connectivity index (χ1n) is 6.11. The fraction of sp³-hybridized carbons (Fsp3) is 0.0714. The lowest BCUT2D eigenvalue weighted by molar-refractivity contribution is -0.116. The molecule has 0 fully saturated rings. The predicted octanol–water partition coefficient (Wildman–Crippen LogP) is 1.27. The normalized spacial score (nSPS) is 13.1. The van der Waals surface area contributed by atoms with Crippen LogP contribution in [0.5, 0.6) is 0 Å².